The number of carboxylic acid groups (broad SMARTS) is 2. The van der Waals surface area contributed by atoms with Crippen molar-refractivity contribution in [2.75, 3.05) is 5.73 Å². The largest absolute Gasteiger partial charge is 0.481 e. The SMILES string of the molecule is Cc1nc(N)sc1C(=O)N[C@H](CCCC(=O)O)C(=O)O. The van der Waals surface area contributed by atoms with E-state index in [1.54, 1.807) is 6.92 Å². The Morgan fingerprint density at radius 3 is 2.50 bits per heavy atom. The number of aryl methyl sites for hydroxylation is 1. The molecular weight excluding hydrogens is 286 g/mol. The lowest BCUT2D eigenvalue weighted by atomic mass is 10.1. The maximum Gasteiger partial charge on any atom is 0.326 e. The molecule has 5 N–H and O–H groups in total. The smallest absolute Gasteiger partial charge is 0.326 e. The Labute approximate surface area is 118 Å². The zero-order chi connectivity index (χ0) is 15.3. The lowest BCUT2D eigenvalue weighted by Crippen LogP contribution is -2.40. The van der Waals surface area contributed by atoms with Crippen LogP contribution < -0.4 is 11.1 Å². The van der Waals surface area contributed by atoms with E-state index in [1.807, 2.05) is 0 Å². The van der Waals surface area contributed by atoms with Crippen molar-refractivity contribution in [1.82, 2.24) is 10.3 Å². The first-order chi connectivity index (χ1) is 9.31. The van der Waals surface area contributed by atoms with Gasteiger partial charge in [0.05, 0.1) is 5.69 Å². The number of nitrogen functional groups attached to an aromatic ring is 1. The van der Waals surface area contributed by atoms with Crippen molar-refractivity contribution in [3.05, 3.63) is 10.6 Å². The molecule has 1 aromatic rings. The topological polar surface area (TPSA) is 143 Å². The van der Waals surface area contributed by atoms with Gasteiger partial charge in [0.2, 0.25) is 0 Å². The Morgan fingerprint density at radius 2 is 2.05 bits per heavy atom. The normalized spacial score (nSPS) is 11.8. The monoisotopic (exact) mass is 301 g/mol. The van der Waals surface area contributed by atoms with Gasteiger partial charge in [0.1, 0.15) is 10.9 Å². The number of aromatic nitrogens is 1. The van der Waals surface area contributed by atoms with Gasteiger partial charge < -0.3 is 21.3 Å². The summed E-state index contributed by atoms with van der Waals surface area (Å²) in [4.78, 5) is 37.5. The minimum absolute atomic E-state index is 0.0424. The molecule has 9 heteroatoms. The number of aliphatic carboxylic acids is 2. The Hall–Kier alpha value is -2.16. The van der Waals surface area contributed by atoms with Crippen LogP contribution in [-0.2, 0) is 9.59 Å². The van der Waals surface area contributed by atoms with Crippen LogP contribution in [0.1, 0.15) is 34.6 Å². The van der Waals surface area contributed by atoms with Gasteiger partial charge in [0, 0.05) is 6.42 Å². The second-order valence-electron chi connectivity index (χ2n) is 4.12. The molecule has 0 unspecified atom stereocenters. The first-order valence-electron chi connectivity index (χ1n) is 5.79. The number of rotatable bonds is 7. The van der Waals surface area contributed by atoms with Gasteiger partial charge >= 0.3 is 11.9 Å². The molecule has 0 saturated carbocycles. The highest BCUT2D eigenvalue weighted by Crippen LogP contribution is 2.19. The quantitative estimate of drug-likeness (QED) is 0.573. The first-order valence-corrected chi connectivity index (χ1v) is 6.61. The number of hydrogen-bond acceptors (Lipinski definition) is 6. The lowest BCUT2D eigenvalue weighted by Gasteiger charge is -2.13. The zero-order valence-corrected chi connectivity index (χ0v) is 11.6. The van der Waals surface area contributed by atoms with Gasteiger partial charge in [0.25, 0.3) is 5.91 Å². The third-order valence-corrected chi connectivity index (χ3v) is 3.49. The van der Waals surface area contributed by atoms with Crippen LogP contribution in [0, 0.1) is 6.92 Å². The number of carbonyl (C=O) groups excluding carboxylic acids is 1. The van der Waals surface area contributed by atoms with Gasteiger partial charge in [-0.1, -0.05) is 11.3 Å². The average molecular weight is 301 g/mol. The fraction of sp³-hybridized carbons (Fsp3) is 0.455. The second kappa shape index (κ2) is 6.85. The molecule has 1 heterocycles. The van der Waals surface area contributed by atoms with Gasteiger partial charge in [0.15, 0.2) is 5.13 Å². The average Bonchev–Trinajstić information content (AvgIpc) is 2.66. The number of nitrogens with zero attached hydrogens (tertiary/aromatic N) is 1. The lowest BCUT2D eigenvalue weighted by molar-refractivity contribution is -0.140. The molecule has 0 fully saturated rings. The van der Waals surface area contributed by atoms with Gasteiger partial charge in [-0.05, 0) is 19.8 Å². The van der Waals surface area contributed by atoms with E-state index in [0.29, 0.717) is 5.69 Å². The van der Waals surface area contributed by atoms with Crippen molar-refractivity contribution in [3.8, 4) is 0 Å². The maximum absolute atomic E-state index is 11.9. The van der Waals surface area contributed by atoms with Crippen LogP contribution in [0.15, 0.2) is 0 Å². The Kier molecular flexibility index (Phi) is 5.44. The summed E-state index contributed by atoms with van der Waals surface area (Å²) >= 11 is 0.972. The van der Waals surface area contributed by atoms with Crippen molar-refractivity contribution in [3.63, 3.8) is 0 Å². The number of amides is 1. The maximum atomic E-state index is 11.9. The highest BCUT2D eigenvalue weighted by molar-refractivity contribution is 7.17. The predicted octanol–water partition coefficient (Wildman–Crippen LogP) is 0.472. The number of carbonyl (C=O) groups is 3. The fourth-order valence-electron chi connectivity index (χ4n) is 1.57. The Bertz CT molecular complexity index is 528. The van der Waals surface area contributed by atoms with Crippen molar-refractivity contribution < 1.29 is 24.6 Å². The summed E-state index contributed by atoms with van der Waals surface area (Å²) in [6.07, 6.45) is 0.0588. The Morgan fingerprint density at radius 1 is 1.40 bits per heavy atom. The molecule has 0 aliphatic heterocycles. The molecule has 0 spiro atoms. The van der Waals surface area contributed by atoms with Crippen LogP contribution in [0.25, 0.3) is 0 Å². The van der Waals surface area contributed by atoms with E-state index in [1.165, 1.54) is 0 Å². The summed E-state index contributed by atoms with van der Waals surface area (Å²) in [6.45, 7) is 1.60. The van der Waals surface area contributed by atoms with Crippen LogP contribution in [-0.4, -0.2) is 39.1 Å². The third kappa shape index (κ3) is 4.50. The van der Waals surface area contributed by atoms with E-state index in [9.17, 15) is 14.4 Å². The van der Waals surface area contributed by atoms with Crippen LogP contribution in [0.2, 0.25) is 0 Å². The fourth-order valence-corrected chi connectivity index (χ4v) is 2.30. The predicted molar refractivity (Wildman–Crippen MR) is 71.6 cm³/mol. The van der Waals surface area contributed by atoms with E-state index in [-0.39, 0.29) is 29.3 Å². The molecule has 1 amide bonds. The molecule has 1 rings (SSSR count). The summed E-state index contributed by atoms with van der Waals surface area (Å²) in [5.74, 6) is -2.79. The van der Waals surface area contributed by atoms with Gasteiger partial charge in [-0.3, -0.25) is 9.59 Å². The van der Waals surface area contributed by atoms with Gasteiger partial charge in [-0.2, -0.15) is 0 Å². The standard InChI is InChI=1S/C11H15N3O5S/c1-5-8(20-11(12)13-5)9(17)14-6(10(18)19)3-2-4-7(15)16/h6H,2-4H2,1H3,(H2,12,13)(H,14,17)(H,15,16)(H,18,19)/t6-/m1/s1. The number of anilines is 1. The molecule has 0 aromatic carbocycles. The van der Waals surface area contributed by atoms with Crippen molar-refractivity contribution in [2.24, 2.45) is 0 Å². The molecule has 0 saturated heterocycles. The molecular formula is C11H15N3O5S. The van der Waals surface area contributed by atoms with Crippen molar-refractivity contribution in [2.45, 2.75) is 32.2 Å². The van der Waals surface area contributed by atoms with Crippen LogP contribution in [0.4, 0.5) is 5.13 Å². The molecule has 0 radical (unpaired) electrons. The van der Waals surface area contributed by atoms with E-state index in [4.69, 9.17) is 15.9 Å². The third-order valence-electron chi connectivity index (χ3n) is 2.51. The van der Waals surface area contributed by atoms with Gasteiger partial charge in [-0.25, -0.2) is 9.78 Å². The highest BCUT2D eigenvalue weighted by Gasteiger charge is 2.23. The summed E-state index contributed by atoms with van der Waals surface area (Å²) in [5.41, 5.74) is 5.90. The van der Waals surface area contributed by atoms with Crippen LogP contribution in [0.5, 0.6) is 0 Å². The summed E-state index contributed by atoms with van der Waals surface area (Å²) in [5, 5.41) is 20.1. The van der Waals surface area contributed by atoms with E-state index in [0.717, 1.165) is 11.3 Å². The molecule has 1 atom stereocenters. The minimum Gasteiger partial charge on any atom is -0.481 e. The summed E-state index contributed by atoms with van der Waals surface area (Å²) in [7, 11) is 0. The number of hydrogen-bond donors (Lipinski definition) is 4. The van der Waals surface area contributed by atoms with E-state index in [2.05, 4.69) is 10.3 Å². The molecule has 20 heavy (non-hydrogen) atoms. The molecule has 0 aliphatic rings. The van der Waals surface area contributed by atoms with Crippen molar-refractivity contribution >= 4 is 34.3 Å². The first kappa shape index (κ1) is 15.9. The highest BCUT2D eigenvalue weighted by atomic mass is 32.1. The van der Waals surface area contributed by atoms with Crippen LogP contribution >= 0.6 is 11.3 Å². The summed E-state index contributed by atoms with van der Waals surface area (Å²) in [6, 6.07) is -1.13. The minimum atomic E-state index is -1.21. The number of nitrogens with two attached hydrogens (primary N) is 1. The molecule has 0 aliphatic carbocycles. The zero-order valence-electron chi connectivity index (χ0n) is 10.8. The Balaban J connectivity index is 2.66. The van der Waals surface area contributed by atoms with Gasteiger partial charge in [-0.15, -0.1) is 0 Å². The molecule has 1 aromatic heterocycles. The second-order valence-corrected chi connectivity index (χ2v) is 5.15. The molecule has 110 valence electrons. The molecule has 0 bridgehead atoms. The number of carboxylic acids is 2. The number of thiazole rings is 1. The van der Waals surface area contributed by atoms with Crippen LogP contribution in [0.3, 0.4) is 0 Å². The summed E-state index contributed by atoms with van der Waals surface area (Å²) < 4.78 is 0. The van der Waals surface area contributed by atoms with Crippen molar-refractivity contribution in [1.29, 1.82) is 0 Å². The van der Waals surface area contributed by atoms with E-state index < -0.39 is 23.9 Å². The molecule has 8 nitrogen and oxygen atoms in total. The number of nitrogens with one attached hydrogen (secondary N) is 1. The van der Waals surface area contributed by atoms with E-state index >= 15 is 0 Å².